The van der Waals surface area contributed by atoms with Crippen molar-refractivity contribution in [3.8, 4) is 0 Å². The number of rotatable bonds is 6. The standard InChI is InChI=1S/C15H21FN2O2/c16-14-3-1-13(2-4-14)15(20)5-6-17-7-9-18(10-8-17)11-12-19/h1-4,19H,5-12H2. The van der Waals surface area contributed by atoms with Crippen LogP contribution in [0.15, 0.2) is 24.3 Å². The van der Waals surface area contributed by atoms with E-state index in [2.05, 4.69) is 9.80 Å². The molecule has 4 nitrogen and oxygen atoms in total. The van der Waals surface area contributed by atoms with Crippen molar-refractivity contribution in [1.82, 2.24) is 9.80 Å². The van der Waals surface area contributed by atoms with Gasteiger partial charge in [-0.25, -0.2) is 4.39 Å². The van der Waals surface area contributed by atoms with Gasteiger partial charge in [-0.15, -0.1) is 0 Å². The van der Waals surface area contributed by atoms with Crippen LogP contribution >= 0.6 is 0 Å². The van der Waals surface area contributed by atoms with Gasteiger partial charge in [0.15, 0.2) is 5.78 Å². The highest BCUT2D eigenvalue weighted by Crippen LogP contribution is 2.08. The molecule has 1 aromatic carbocycles. The van der Waals surface area contributed by atoms with E-state index < -0.39 is 0 Å². The highest BCUT2D eigenvalue weighted by atomic mass is 19.1. The minimum atomic E-state index is -0.318. The minimum Gasteiger partial charge on any atom is -0.395 e. The van der Waals surface area contributed by atoms with E-state index in [1.165, 1.54) is 24.3 Å². The number of carbonyl (C=O) groups excluding carboxylic acids is 1. The van der Waals surface area contributed by atoms with Crippen molar-refractivity contribution >= 4 is 5.78 Å². The molecular weight excluding hydrogens is 259 g/mol. The average Bonchev–Trinajstić information content (AvgIpc) is 2.47. The summed E-state index contributed by atoms with van der Waals surface area (Å²) in [6.45, 7) is 5.39. The number of β-amino-alcohol motifs (C(OH)–C–C–N with tert-alkyl or cyclic N) is 1. The molecule has 1 fully saturated rings. The molecule has 1 heterocycles. The Kier molecular flexibility index (Phi) is 5.64. The van der Waals surface area contributed by atoms with Gasteiger partial charge >= 0.3 is 0 Å². The van der Waals surface area contributed by atoms with Gasteiger partial charge in [-0.1, -0.05) is 0 Å². The first-order chi connectivity index (χ1) is 9.69. The zero-order valence-corrected chi connectivity index (χ0v) is 11.6. The van der Waals surface area contributed by atoms with Crippen LogP contribution in [0.4, 0.5) is 4.39 Å². The van der Waals surface area contributed by atoms with Crippen molar-refractivity contribution in [2.75, 3.05) is 45.9 Å². The Morgan fingerprint density at radius 2 is 1.60 bits per heavy atom. The van der Waals surface area contributed by atoms with E-state index in [1.54, 1.807) is 0 Å². The molecule has 110 valence electrons. The maximum atomic E-state index is 12.8. The van der Waals surface area contributed by atoms with Crippen LogP contribution in [0.5, 0.6) is 0 Å². The Morgan fingerprint density at radius 1 is 1.05 bits per heavy atom. The molecule has 0 radical (unpaired) electrons. The van der Waals surface area contributed by atoms with Crippen LogP contribution in [0.1, 0.15) is 16.8 Å². The molecule has 0 spiro atoms. The predicted molar refractivity (Wildman–Crippen MR) is 75.3 cm³/mol. The normalized spacial score (nSPS) is 17.3. The summed E-state index contributed by atoms with van der Waals surface area (Å²) in [4.78, 5) is 16.5. The van der Waals surface area contributed by atoms with Gasteiger partial charge in [-0.2, -0.15) is 0 Å². The summed E-state index contributed by atoms with van der Waals surface area (Å²) in [5, 5.41) is 8.88. The highest BCUT2D eigenvalue weighted by molar-refractivity contribution is 5.96. The van der Waals surface area contributed by atoms with Crippen molar-refractivity contribution in [1.29, 1.82) is 0 Å². The van der Waals surface area contributed by atoms with Gasteiger partial charge in [0, 0.05) is 51.3 Å². The van der Waals surface area contributed by atoms with Gasteiger partial charge in [0.1, 0.15) is 5.82 Å². The third-order valence-corrected chi connectivity index (χ3v) is 3.70. The number of hydrogen-bond acceptors (Lipinski definition) is 4. The number of halogens is 1. The minimum absolute atomic E-state index is 0.0581. The van der Waals surface area contributed by atoms with Crippen molar-refractivity contribution < 1.29 is 14.3 Å². The second-order valence-electron chi connectivity index (χ2n) is 5.09. The number of piperazine rings is 1. The van der Waals surface area contributed by atoms with Gasteiger partial charge in [-0.3, -0.25) is 9.69 Å². The Bertz CT molecular complexity index is 428. The van der Waals surface area contributed by atoms with Gasteiger partial charge in [0.25, 0.3) is 0 Å². The lowest BCUT2D eigenvalue weighted by atomic mass is 10.1. The maximum Gasteiger partial charge on any atom is 0.164 e. The van der Waals surface area contributed by atoms with Crippen LogP contribution in [0, 0.1) is 5.82 Å². The molecule has 20 heavy (non-hydrogen) atoms. The summed E-state index contributed by atoms with van der Waals surface area (Å²) in [5.41, 5.74) is 0.574. The first-order valence-electron chi connectivity index (χ1n) is 7.03. The maximum absolute atomic E-state index is 12.8. The molecule has 1 saturated heterocycles. The van der Waals surface area contributed by atoms with Crippen LogP contribution in [0.25, 0.3) is 0 Å². The van der Waals surface area contributed by atoms with Crippen LogP contribution in [-0.4, -0.2) is 66.6 Å². The van der Waals surface area contributed by atoms with Crippen molar-refractivity contribution in [2.45, 2.75) is 6.42 Å². The largest absolute Gasteiger partial charge is 0.395 e. The molecule has 2 rings (SSSR count). The number of hydrogen-bond donors (Lipinski definition) is 1. The highest BCUT2D eigenvalue weighted by Gasteiger charge is 2.17. The Labute approximate surface area is 118 Å². The molecule has 1 aliphatic heterocycles. The first-order valence-corrected chi connectivity index (χ1v) is 7.03. The molecule has 0 bridgehead atoms. The monoisotopic (exact) mass is 280 g/mol. The third kappa shape index (κ3) is 4.37. The zero-order valence-electron chi connectivity index (χ0n) is 11.6. The smallest absolute Gasteiger partial charge is 0.164 e. The third-order valence-electron chi connectivity index (χ3n) is 3.70. The van der Waals surface area contributed by atoms with Gasteiger partial charge in [-0.05, 0) is 24.3 Å². The van der Waals surface area contributed by atoms with Crippen molar-refractivity contribution in [3.05, 3.63) is 35.6 Å². The molecule has 0 amide bonds. The average molecular weight is 280 g/mol. The fourth-order valence-corrected chi connectivity index (χ4v) is 2.42. The Morgan fingerprint density at radius 3 is 2.15 bits per heavy atom. The molecular formula is C15H21FN2O2. The fraction of sp³-hybridized carbons (Fsp3) is 0.533. The number of aliphatic hydroxyl groups is 1. The summed E-state index contributed by atoms with van der Waals surface area (Å²) < 4.78 is 12.8. The molecule has 5 heteroatoms. The van der Waals surface area contributed by atoms with Crippen LogP contribution in [-0.2, 0) is 0 Å². The summed E-state index contributed by atoms with van der Waals surface area (Å²) in [5.74, 6) is -0.260. The SMILES string of the molecule is O=C(CCN1CCN(CCO)CC1)c1ccc(F)cc1. The van der Waals surface area contributed by atoms with E-state index >= 15 is 0 Å². The summed E-state index contributed by atoms with van der Waals surface area (Å²) in [7, 11) is 0. The van der Waals surface area contributed by atoms with Gasteiger partial charge in [0.2, 0.25) is 0 Å². The van der Waals surface area contributed by atoms with Crippen LogP contribution < -0.4 is 0 Å². The molecule has 0 saturated carbocycles. The van der Waals surface area contributed by atoms with Gasteiger partial charge < -0.3 is 10.0 Å². The molecule has 1 aliphatic rings. The molecule has 0 aliphatic carbocycles. The summed E-state index contributed by atoms with van der Waals surface area (Å²) in [6.07, 6.45) is 0.464. The van der Waals surface area contributed by atoms with Crippen molar-refractivity contribution in [2.24, 2.45) is 0 Å². The topological polar surface area (TPSA) is 43.8 Å². The first kappa shape index (κ1) is 15.1. The quantitative estimate of drug-likeness (QED) is 0.790. The van der Waals surface area contributed by atoms with Crippen LogP contribution in [0.2, 0.25) is 0 Å². The zero-order chi connectivity index (χ0) is 14.4. The van der Waals surface area contributed by atoms with E-state index in [0.29, 0.717) is 12.0 Å². The Hall–Kier alpha value is -1.30. The van der Waals surface area contributed by atoms with E-state index in [0.717, 1.165) is 39.3 Å². The molecule has 0 unspecified atom stereocenters. The number of benzene rings is 1. The number of ketones is 1. The molecule has 0 atom stereocenters. The lowest BCUT2D eigenvalue weighted by Crippen LogP contribution is -2.47. The lowest BCUT2D eigenvalue weighted by molar-refractivity contribution is 0.0907. The number of carbonyl (C=O) groups is 1. The number of nitrogens with zero attached hydrogens (tertiary/aromatic N) is 2. The van der Waals surface area contributed by atoms with E-state index in [-0.39, 0.29) is 18.2 Å². The second kappa shape index (κ2) is 7.47. The number of Topliss-reactive ketones (excluding diaryl/α,β-unsaturated/α-hetero) is 1. The molecule has 1 aromatic rings. The second-order valence-corrected chi connectivity index (χ2v) is 5.09. The summed E-state index contributed by atoms with van der Waals surface area (Å²) >= 11 is 0. The van der Waals surface area contributed by atoms with E-state index in [9.17, 15) is 9.18 Å². The van der Waals surface area contributed by atoms with Gasteiger partial charge in [0.05, 0.1) is 6.61 Å². The summed E-state index contributed by atoms with van der Waals surface area (Å²) in [6, 6.07) is 5.72. The fourth-order valence-electron chi connectivity index (χ4n) is 2.42. The van der Waals surface area contributed by atoms with Crippen LogP contribution in [0.3, 0.4) is 0 Å². The lowest BCUT2D eigenvalue weighted by Gasteiger charge is -2.34. The van der Waals surface area contributed by atoms with E-state index in [4.69, 9.17) is 5.11 Å². The Balaban J connectivity index is 1.73. The number of aliphatic hydroxyl groups excluding tert-OH is 1. The van der Waals surface area contributed by atoms with Crippen molar-refractivity contribution in [3.63, 3.8) is 0 Å². The molecule has 0 aromatic heterocycles. The van der Waals surface area contributed by atoms with E-state index in [1.807, 2.05) is 0 Å². The predicted octanol–water partition coefficient (Wildman–Crippen LogP) is 1.01. The molecule has 1 N–H and O–H groups in total.